The minimum Gasteiger partial charge on any atom is -0.464 e. The number of hydrogen-bond acceptors (Lipinski definition) is 6. The maximum atomic E-state index is 11.7. The number of methoxy groups -OCH3 is 1. The summed E-state index contributed by atoms with van der Waals surface area (Å²) in [4.78, 5) is 27.3. The molecule has 1 aromatic heterocycles. The molecule has 0 aliphatic heterocycles. The predicted molar refractivity (Wildman–Crippen MR) is 70.3 cm³/mol. The van der Waals surface area contributed by atoms with Crippen molar-refractivity contribution in [2.45, 2.75) is 33.3 Å². The molecule has 0 unspecified atom stereocenters. The van der Waals surface area contributed by atoms with Gasteiger partial charge in [-0.05, 0) is 27.7 Å². The maximum Gasteiger partial charge on any atom is 0.412 e. The number of hydrogen-bond donors (Lipinski definition) is 1. The van der Waals surface area contributed by atoms with Gasteiger partial charge < -0.3 is 9.47 Å². The monoisotopic (exact) mass is 282 g/mol. The van der Waals surface area contributed by atoms with E-state index in [1.165, 1.54) is 24.4 Å². The Kier molecular flexibility index (Phi) is 4.84. The topological polar surface area (TPSA) is 95.3 Å². The quantitative estimate of drug-likeness (QED) is 0.660. The molecule has 1 amide bonds. The van der Waals surface area contributed by atoms with Crippen molar-refractivity contribution in [3.05, 3.63) is 18.4 Å². The van der Waals surface area contributed by atoms with E-state index in [2.05, 4.69) is 20.1 Å². The van der Waals surface area contributed by atoms with E-state index in [9.17, 15) is 9.59 Å². The zero-order valence-corrected chi connectivity index (χ0v) is 12.1. The van der Waals surface area contributed by atoms with E-state index in [0.717, 1.165) is 0 Å². The number of rotatable bonds is 3. The van der Waals surface area contributed by atoms with Gasteiger partial charge in [-0.1, -0.05) is 0 Å². The molecule has 8 heteroatoms. The summed E-state index contributed by atoms with van der Waals surface area (Å²) in [5, 5.41) is 6.25. The van der Waals surface area contributed by atoms with E-state index < -0.39 is 17.7 Å². The smallest absolute Gasteiger partial charge is 0.412 e. The average molecular weight is 282 g/mol. The molecule has 1 rings (SSSR count). The molecule has 0 atom stereocenters. The number of alkyl carbamates (subject to hydrolysis) is 1. The molecule has 1 N–H and O–H groups in total. The van der Waals surface area contributed by atoms with Crippen molar-refractivity contribution in [1.29, 1.82) is 0 Å². The lowest BCUT2D eigenvalue weighted by molar-refractivity contribution is -0.136. The lowest BCUT2D eigenvalue weighted by atomic mass is 10.2. The van der Waals surface area contributed by atoms with Crippen LogP contribution in [0.4, 0.5) is 4.79 Å². The molecule has 0 aliphatic rings. The SMILES string of the molecule is COC(=O)/C(NC(=O)OC(C)(C)C)=C(/C)n1cncn1. The van der Waals surface area contributed by atoms with Crippen molar-refractivity contribution in [2.75, 3.05) is 7.11 Å². The van der Waals surface area contributed by atoms with Crippen LogP contribution < -0.4 is 5.32 Å². The van der Waals surface area contributed by atoms with E-state index in [1.54, 1.807) is 27.7 Å². The van der Waals surface area contributed by atoms with E-state index in [1.807, 2.05) is 0 Å². The first-order valence-electron chi connectivity index (χ1n) is 5.89. The number of nitrogens with zero attached hydrogens (tertiary/aromatic N) is 3. The van der Waals surface area contributed by atoms with Crippen LogP contribution in [0.15, 0.2) is 18.4 Å². The highest BCUT2D eigenvalue weighted by Crippen LogP contribution is 2.11. The first kappa shape index (κ1) is 15.7. The van der Waals surface area contributed by atoms with Crippen LogP contribution in [0.5, 0.6) is 0 Å². The molecule has 0 fully saturated rings. The van der Waals surface area contributed by atoms with Crippen LogP contribution in [0.2, 0.25) is 0 Å². The number of nitrogens with one attached hydrogen (secondary N) is 1. The van der Waals surface area contributed by atoms with E-state index >= 15 is 0 Å². The maximum absolute atomic E-state index is 11.7. The molecular formula is C12H18N4O4. The highest BCUT2D eigenvalue weighted by Gasteiger charge is 2.22. The van der Waals surface area contributed by atoms with E-state index in [0.29, 0.717) is 5.70 Å². The number of carbonyl (C=O) groups excluding carboxylic acids is 2. The van der Waals surface area contributed by atoms with Gasteiger partial charge in [-0.2, -0.15) is 5.10 Å². The largest absolute Gasteiger partial charge is 0.464 e. The molecule has 0 saturated heterocycles. The average Bonchev–Trinajstić information content (AvgIpc) is 2.85. The summed E-state index contributed by atoms with van der Waals surface area (Å²) in [7, 11) is 1.22. The number of esters is 1. The summed E-state index contributed by atoms with van der Waals surface area (Å²) in [6.07, 6.45) is 1.96. The van der Waals surface area contributed by atoms with Gasteiger partial charge in [0.25, 0.3) is 0 Å². The Labute approximate surface area is 116 Å². The molecular weight excluding hydrogens is 264 g/mol. The second-order valence-electron chi connectivity index (χ2n) is 4.92. The number of carbonyl (C=O) groups is 2. The Hall–Kier alpha value is -2.38. The van der Waals surface area contributed by atoms with Crippen LogP contribution in [0.3, 0.4) is 0 Å². The van der Waals surface area contributed by atoms with E-state index in [-0.39, 0.29) is 5.70 Å². The van der Waals surface area contributed by atoms with Crippen molar-refractivity contribution >= 4 is 17.8 Å². The fourth-order valence-electron chi connectivity index (χ4n) is 1.29. The molecule has 1 aromatic rings. The Balaban J connectivity index is 3.00. The number of aromatic nitrogens is 3. The highest BCUT2D eigenvalue weighted by molar-refractivity contribution is 5.97. The van der Waals surface area contributed by atoms with Crippen LogP contribution in [0.1, 0.15) is 27.7 Å². The minimum absolute atomic E-state index is 0.0627. The second kappa shape index (κ2) is 6.18. The molecule has 110 valence electrons. The zero-order chi connectivity index (χ0) is 15.3. The van der Waals surface area contributed by atoms with Gasteiger partial charge in [0.15, 0.2) is 5.70 Å². The molecule has 0 bridgehead atoms. The van der Waals surface area contributed by atoms with Crippen LogP contribution >= 0.6 is 0 Å². The molecule has 8 nitrogen and oxygen atoms in total. The van der Waals surface area contributed by atoms with Crippen molar-refractivity contribution < 1.29 is 19.1 Å². The Morgan fingerprint density at radius 3 is 2.40 bits per heavy atom. The molecule has 0 spiro atoms. The fraction of sp³-hybridized carbons (Fsp3) is 0.500. The minimum atomic E-state index is -0.752. The summed E-state index contributed by atoms with van der Waals surface area (Å²) < 4.78 is 11.1. The van der Waals surface area contributed by atoms with Gasteiger partial charge in [0, 0.05) is 0 Å². The summed E-state index contributed by atoms with van der Waals surface area (Å²) in [5.41, 5.74) is -0.376. The van der Waals surface area contributed by atoms with Gasteiger partial charge in [-0.25, -0.2) is 19.3 Å². The lowest BCUT2D eigenvalue weighted by Crippen LogP contribution is -2.35. The van der Waals surface area contributed by atoms with E-state index in [4.69, 9.17) is 4.74 Å². The standard InChI is InChI=1S/C12H18N4O4/c1-8(16-7-13-6-14-16)9(10(17)19-5)15-11(18)20-12(2,3)4/h6-7H,1-5H3,(H,15,18)/b9-8+. The van der Waals surface area contributed by atoms with Gasteiger partial charge in [0.05, 0.1) is 12.8 Å². The predicted octanol–water partition coefficient (Wildman–Crippen LogP) is 1.16. The van der Waals surface area contributed by atoms with Crippen molar-refractivity contribution in [1.82, 2.24) is 20.1 Å². The first-order valence-corrected chi connectivity index (χ1v) is 5.89. The second-order valence-corrected chi connectivity index (χ2v) is 4.92. The molecule has 0 aliphatic carbocycles. The number of allylic oxidation sites excluding steroid dienone is 1. The Bertz CT molecular complexity index is 514. The molecule has 0 aromatic carbocycles. The van der Waals surface area contributed by atoms with Crippen LogP contribution in [0, 0.1) is 0 Å². The Morgan fingerprint density at radius 1 is 1.30 bits per heavy atom. The third kappa shape index (κ3) is 4.38. The van der Waals surface area contributed by atoms with Gasteiger partial charge >= 0.3 is 12.1 Å². The van der Waals surface area contributed by atoms with Gasteiger partial charge in [-0.3, -0.25) is 5.32 Å². The Morgan fingerprint density at radius 2 is 1.95 bits per heavy atom. The van der Waals surface area contributed by atoms with Crippen LogP contribution in [-0.2, 0) is 14.3 Å². The zero-order valence-electron chi connectivity index (χ0n) is 12.1. The number of ether oxygens (including phenoxy) is 2. The van der Waals surface area contributed by atoms with Crippen molar-refractivity contribution in [2.24, 2.45) is 0 Å². The van der Waals surface area contributed by atoms with Crippen LogP contribution in [0.25, 0.3) is 5.70 Å². The van der Waals surface area contributed by atoms with Crippen molar-refractivity contribution in [3.63, 3.8) is 0 Å². The summed E-state index contributed by atoms with van der Waals surface area (Å²) in [5.74, 6) is -0.705. The molecule has 20 heavy (non-hydrogen) atoms. The van der Waals surface area contributed by atoms with Crippen LogP contribution in [-0.4, -0.2) is 39.5 Å². The third-order valence-corrected chi connectivity index (χ3v) is 2.14. The fourth-order valence-corrected chi connectivity index (χ4v) is 1.29. The summed E-state index contributed by atoms with van der Waals surface area (Å²) >= 11 is 0. The normalized spacial score (nSPS) is 12.4. The summed E-state index contributed by atoms with van der Waals surface area (Å²) in [6, 6.07) is 0. The molecule has 0 radical (unpaired) electrons. The lowest BCUT2D eigenvalue weighted by Gasteiger charge is -2.20. The summed E-state index contributed by atoms with van der Waals surface area (Å²) in [6.45, 7) is 6.76. The third-order valence-electron chi connectivity index (χ3n) is 2.14. The van der Waals surface area contributed by atoms with Gasteiger partial charge in [-0.15, -0.1) is 0 Å². The van der Waals surface area contributed by atoms with Crippen molar-refractivity contribution in [3.8, 4) is 0 Å². The highest BCUT2D eigenvalue weighted by atomic mass is 16.6. The van der Waals surface area contributed by atoms with Gasteiger partial charge in [0.2, 0.25) is 0 Å². The first-order chi connectivity index (χ1) is 9.24. The molecule has 0 saturated carbocycles. The molecule has 1 heterocycles. The number of amides is 1. The van der Waals surface area contributed by atoms with Gasteiger partial charge in [0.1, 0.15) is 18.3 Å².